The van der Waals surface area contributed by atoms with Crippen molar-refractivity contribution in [1.82, 2.24) is 19.4 Å². The largest absolute Gasteiger partial charge is 0.454 e. The minimum absolute atomic E-state index is 0.0851. The number of benzene rings is 2. The molecule has 18 heteroatoms. The van der Waals surface area contributed by atoms with E-state index in [4.69, 9.17) is 15.0 Å². The molecule has 1 saturated heterocycles. The van der Waals surface area contributed by atoms with Gasteiger partial charge in [0.1, 0.15) is 11.6 Å². The second-order valence-electron chi connectivity index (χ2n) is 8.78. The summed E-state index contributed by atoms with van der Waals surface area (Å²) >= 11 is 0. The number of halogens is 7. The van der Waals surface area contributed by atoms with Crippen LogP contribution in [0.4, 0.5) is 30.7 Å². The molecule has 0 radical (unpaired) electrons. The molecule has 1 aromatic heterocycles. The summed E-state index contributed by atoms with van der Waals surface area (Å²) in [7, 11) is -5.21. The van der Waals surface area contributed by atoms with Gasteiger partial charge in [-0.25, -0.2) is 13.8 Å². The fourth-order valence-electron chi connectivity index (χ4n) is 4.04. The zero-order chi connectivity index (χ0) is 33.8. The zero-order valence-corrected chi connectivity index (χ0v) is 21.4. The first-order chi connectivity index (χ1) is 20.6. The Hall–Kier alpha value is -3.08. The van der Waals surface area contributed by atoms with E-state index in [2.05, 4.69) is 10.1 Å². The van der Waals surface area contributed by atoms with Gasteiger partial charge in [0, 0.05) is 6.54 Å². The summed E-state index contributed by atoms with van der Waals surface area (Å²) in [6.45, 7) is 0.0938. The summed E-state index contributed by atoms with van der Waals surface area (Å²) in [6, 6.07) is -4.94. The molecule has 0 amide bonds. The summed E-state index contributed by atoms with van der Waals surface area (Å²) in [5.41, 5.74) is -5.73. The van der Waals surface area contributed by atoms with Gasteiger partial charge in [-0.1, -0.05) is 12.1 Å². The molecule has 2 aromatic carbocycles. The highest BCUT2D eigenvalue weighted by molar-refractivity contribution is 7.49. The molecule has 4 rings (SSSR count). The van der Waals surface area contributed by atoms with Crippen molar-refractivity contribution in [2.75, 3.05) is 13.2 Å². The molecule has 2 heterocycles. The van der Waals surface area contributed by atoms with E-state index in [1.165, 1.54) is 4.90 Å². The number of nitrogens with zero attached hydrogens (tertiary/aromatic N) is 3. The first-order valence-electron chi connectivity index (χ1n) is 13.4. The molecule has 0 bridgehead atoms. The number of hydrogen-bond acceptors (Lipinski definition) is 6. The van der Waals surface area contributed by atoms with E-state index in [0.717, 1.165) is 6.92 Å². The Kier molecular flexibility index (Phi) is 7.06. The average molecular weight is 618 g/mol. The van der Waals surface area contributed by atoms with Gasteiger partial charge in [0.15, 0.2) is 6.29 Å². The third-order valence-electron chi connectivity index (χ3n) is 5.89. The van der Waals surface area contributed by atoms with Crippen LogP contribution in [0.1, 0.15) is 52.6 Å². The van der Waals surface area contributed by atoms with Crippen molar-refractivity contribution < 1.29 is 60.0 Å². The van der Waals surface area contributed by atoms with Crippen LogP contribution in [0.25, 0.3) is 0 Å². The van der Waals surface area contributed by atoms with Crippen LogP contribution in [0, 0.1) is 5.82 Å². The normalized spacial score (nSPS) is 21.2. The lowest BCUT2D eigenvalue weighted by Crippen LogP contribution is -2.46. The molecule has 1 aliphatic rings. The van der Waals surface area contributed by atoms with Gasteiger partial charge in [-0.2, -0.15) is 26.3 Å². The number of ether oxygens (including phenoxy) is 2. The molecule has 0 spiro atoms. The van der Waals surface area contributed by atoms with Gasteiger partial charge < -0.3 is 19.3 Å². The fourth-order valence-corrected chi connectivity index (χ4v) is 4.56. The Morgan fingerprint density at radius 1 is 1.15 bits per heavy atom. The summed E-state index contributed by atoms with van der Waals surface area (Å²) < 4.78 is 150. The summed E-state index contributed by atoms with van der Waals surface area (Å²) in [5.74, 6) is -1.90. The van der Waals surface area contributed by atoms with E-state index in [-0.39, 0.29) is 29.5 Å². The predicted octanol–water partition coefficient (Wildman–Crippen LogP) is 4.37. The number of H-pyrrole nitrogens is 1. The highest BCUT2D eigenvalue weighted by Crippen LogP contribution is 2.40. The van der Waals surface area contributed by atoms with Crippen LogP contribution in [0.3, 0.4) is 0 Å². The lowest BCUT2D eigenvalue weighted by molar-refractivity contribution is -0.231. The smallest absolute Gasteiger partial charge is 0.349 e. The van der Waals surface area contributed by atoms with E-state index in [1.54, 1.807) is 0 Å². The maximum Gasteiger partial charge on any atom is 0.454 e. The van der Waals surface area contributed by atoms with Crippen molar-refractivity contribution in [3.8, 4) is 0 Å². The van der Waals surface area contributed by atoms with Crippen LogP contribution in [0.5, 0.6) is 0 Å². The van der Waals surface area contributed by atoms with Gasteiger partial charge in [0.2, 0.25) is 0 Å². The highest BCUT2D eigenvalue weighted by Gasteiger charge is 2.39. The number of morpholine rings is 1. The zero-order valence-electron chi connectivity index (χ0n) is 24.5. The SMILES string of the molecule is [2H]c1c([2H])c([C@H]2[C@@H](O[C@H](C)c3cc(C(F)(F)F)cc(C(F)(F)F)c3)OCCN2Cc2nn(P(=O)(O)O)c(=O)[nH]2)c([2H])c([2H])c1F. The van der Waals surface area contributed by atoms with E-state index >= 15 is 0 Å². The predicted molar refractivity (Wildman–Crippen MR) is 126 cm³/mol. The average Bonchev–Trinajstić information content (AvgIpc) is 3.31. The molecule has 0 aliphatic carbocycles. The number of aromatic amines is 1. The van der Waals surface area contributed by atoms with Gasteiger partial charge in [0.25, 0.3) is 0 Å². The van der Waals surface area contributed by atoms with Crippen molar-refractivity contribution in [2.24, 2.45) is 0 Å². The molecule has 3 aromatic rings. The van der Waals surface area contributed by atoms with E-state index in [9.17, 15) is 49.9 Å². The van der Waals surface area contributed by atoms with Crippen LogP contribution in [-0.4, -0.2) is 48.7 Å². The third-order valence-corrected chi connectivity index (χ3v) is 6.65. The van der Waals surface area contributed by atoms with Crippen LogP contribution in [0.15, 0.2) is 47.2 Å². The topological polar surface area (TPSA) is 130 Å². The Bertz CT molecular complexity index is 1650. The van der Waals surface area contributed by atoms with E-state index in [1.807, 2.05) is 0 Å². The molecular weight excluding hydrogens is 592 g/mol. The second-order valence-corrected chi connectivity index (χ2v) is 10.2. The highest BCUT2D eigenvalue weighted by atomic mass is 31.2. The molecule has 3 N–H and O–H groups in total. The van der Waals surface area contributed by atoms with E-state index in [0.29, 0.717) is 12.1 Å². The molecule has 224 valence electrons. The van der Waals surface area contributed by atoms with Crippen molar-refractivity contribution in [1.29, 1.82) is 0 Å². The molecule has 3 atom stereocenters. The minimum Gasteiger partial charge on any atom is -0.349 e. The van der Waals surface area contributed by atoms with Gasteiger partial charge >= 0.3 is 25.8 Å². The maximum absolute atomic E-state index is 14.4. The van der Waals surface area contributed by atoms with Crippen molar-refractivity contribution in [3.63, 3.8) is 0 Å². The molecule has 0 unspecified atom stereocenters. The Balaban J connectivity index is 1.81. The maximum atomic E-state index is 14.4. The Labute approximate surface area is 232 Å². The van der Waals surface area contributed by atoms with Crippen LogP contribution < -0.4 is 5.69 Å². The van der Waals surface area contributed by atoms with E-state index < -0.39 is 103 Å². The molecule has 10 nitrogen and oxygen atoms in total. The fraction of sp³-hybridized carbons (Fsp3) is 0.391. The van der Waals surface area contributed by atoms with Crippen LogP contribution in [0.2, 0.25) is 0 Å². The van der Waals surface area contributed by atoms with Crippen molar-refractivity contribution >= 4 is 7.75 Å². The van der Waals surface area contributed by atoms with Gasteiger partial charge in [-0.3, -0.25) is 9.88 Å². The minimum atomic E-state index is -5.21. The van der Waals surface area contributed by atoms with Gasteiger partial charge in [-0.05, 0) is 48.3 Å². The standard InChI is InChI=1S/C23H22F7N4O6P/c1-12(14-8-15(22(25,26)27)10-16(9-14)23(28,29)30)40-20-19(13-2-4-17(24)5-3-13)33(6-7-39-20)11-18-31-21(35)34(32-18)41(36,37)38/h2-5,8-10,12,19-20H,6-7,11H2,1H3,(H,31,32,35)(H2,36,37,38)/t12-,19+,20-/m1/s1/i2D,3D,4D,5D. The number of hydrogen-bond donors (Lipinski definition) is 3. The molecule has 1 aliphatic heterocycles. The Morgan fingerprint density at radius 3 is 2.24 bits per heavy atom. The van der Waals surface area contributed by atoms with Gasteiger partial charge in [0.05, 0.1) is 41.9 Å². The molecule has 0 saturated carbocycles. The molecular formula is C23H22F7N4O6P. The first-order valence-corrected chi connectivity index (χ1v) is 13.0. The second kappa shape index (κ2) is 11.3. The molecule has 1 fully saturated rings. The summed E-state index contributed by atoms with van der Waals surface area (Å²) in [5, 5.41) is 3.52. The van der Waals surface area contributed by atoms with Crippen LogP contribution >= 0.6 is 7.75 Å². The number of rotatable bonds is 7. The summed E-state index contributed by atoms with van der Waals surface area (Å²) in [6.07, 6.45) is -13.7. The quantitative estimate of drug-likeness (QED) is 0.263. The molecule has 41 heavy (non-hydrogen) atoms. The van der Waals surface area contributed by atoms with Crippen LogP contribution in [-0.2, 0) is 32.9 Å². The number of alkyl halides is 6. The number of aromatic nitrogens is 3. The lowest BCUT2D eigenvalue weighted by atomic mass is 10.0. The third kappa shape index (κ3) is 7.23. The van der Waals surface area contributed by atoms with Gasteiger partial charge in [-0.15, -0.1) is 9.55 Å². The monoisotopic (exact) mass is 618 g/mol. The summed E-state index contributed by atoms with van der Waals surface area (Å²) in [4.78, 5) is 34.1. The number of nitrogens with one attached hydrogen (secondary N) is 1. The van der Waals surface area contributed by atoms with Crippen molar-refractivity contribution in [2.45, 2.75) is 44.3 Å². The van der Waals surface area contributed by atoms with Crippen molar-refractivity contribution in [3.05, 3.63) is 86.7 Å². The Morgan fingerprint density at radius 2 is 1.73 bits per heavy atom. The lowest BCUT2D eigenvalue weighted by Gasteiger charge is -2.41. The first kappa shape index (κ1) is 25.6.